The highest BCUT2D eigenvalue weighted by Gasteiger charge is 2.10. The molecule has 7 heteroatoms. The molecule has 2 aromatic carbocycles. The summed E-state index contributed by atoms with van der Waals surface area (Å²) in [5.41, 5.74) is 6.09. The summed E-state index contributed by atoms with van der Waals surface area (Å²) in [5, 5.41) is 10.7. The molecule has 6 nitrogen and oxygen atoms in total. The van der Waals surface area contributed by atoms with Gasteiger partial charge in [-0.1, -0.05) is 18.2 Å². The summed E-state index contributed by atoms with van der Waals surface area (Å²) < 4.78 is 1.05. The number of nitrogens with zero attached hydrogens (tertiary/aromatic N) is 1. The van der Waals surface area contributed by atoms with Crippen LogP contribution in [0, 0.1) is 8.98 Å². The number of pyridine rings is 1. The lowest BCUT2D eigenvalue weighted by molar-refractivity contribution is 0.102. The van der Waals surface area contributed by atoms with Gasteiger partial charge < -0.3 is 5.32 Å². The van der Waals surface area contributed by atoms with Crippen LogP contribution in [0.15, 0.2) is 66.9 Å². The van der Waals surface area contributed by atoms with Crippen molar-refractivity contribution in [2.45, 2.75) is 0 Å². The van der Waals surface area contributed by atoms with Crippen LogP contribution in [0.3, 0.4) is 0 Å². The molecule has 0 radical (unpaired) electrons. The topological polar surface area (TPSA) is 87.1 Å². The fraction of sp³-hybridized carbons (Fsp3) is 0.0500. The molecule has 3 rings (SSSR count). The zero-order valence-corrected chi connectivity index (χ0v) is 16.7. The molecule has 136 valence electrons. The third-order valence-electron chi connectivity index (χ3n) is 3.80. The molecule has 0 bridgehead atoms. The molecule has 0 aliphatic rings. The number of hydrogen-bond donors (Lipinski definition) is 3. The van der Waals surface area contributed by atoms with Gasteiger partial charge in [0.1, 0.15) is 5.84 Å². The van der Waals surface area contributed by atoms with Gasteiger partial charge in [-0.05, 0) is 65.1 Å². The van der Waals surface area contributed by atoms with Crippen LogP contribution < -0.4 is 10.8 Å². The van der Waals surface area contributed by atoms with Crippen molar-refractivity contribution in [2.75, 3.05) is 12.4 Å². The summed E-state index contributed by atoms with van der Waals surface area (Å²) in [6.45, 7) is 0. The van der Waals surface area contributed by atoms with E-state index in [2.05, 4.69) is 38.4 Å². The third-order valence-corrected chi connectivity index (χ3v) is 4.75. The molecule has 0 saturated carbocycles. The number of aromatic nitrogens is 1. The van der Waals surface area contributed by atoms with E-state index < -0.39 is 0 Å². The molecule has 1 aromatic heterocycles. The van der Waals surface area contributed by atoms with E-state index in [-0.39, 0.29) is 11.7 Å². The molecule has 1 heterocycles. The lowest BCUT2D eigenvalue weighted by Gasteiger charge is -2.10. The standard InChI is InChI=1S/C20H17IN4O2/c1-27-25-19(22)13-5-7-14(8-6-13)20(26)24-15-9-10-17(21)16(12-15)18-4-2-3-11-23-18/h2-12H,1H3,(H2,22,25)(H,24,26). The number of hydrogen-bond acceptors (Lipinski definition) is 4. The highest BCUT2D eigenvalue weighted by atomic mass is 127. The first kappa shape index (κ1) is 19.0. The second-order valence-electron chi connectivity index (χ2n) is 5.62. The Bertz CT molecular complexity index is 959. The van der Waals surface area contributed by atoms with E-state index in [9.17, 15) is 4.79 Å². The number of hydroxylamine groups is 1. The quantitative estimate of drug-likeness (QED) is 0.226. The number of anilines is 1. The van der Waals surface area contributed by atoms with Gasteiger partial charge in [-0.25, -0.2) is 5.48 Å². The number of amidine groups is 1. The Balaban J connectivity index is 1.77. The number of benzene rings is 2. The van der Waals surface area contributed by atoms with Gasteiger partial charge in [0.25, 0.3) is 5.91 Å². The van der Waals surface area contributed by atoms with Crippen molar-refractivity contribution in [3.63, 3.8) is 0 Å². The van der Waals surface area contributed by atoms with E-state index in [1.807, 2.05) is 36.4 Å². The van der Waals surface area contributed by atoms with Crippen LogP contribution in [0.4, 0.5) is 5.69 Å². The average molecular weight is 472 g/mol. The molecule has 0 fully saturated rings. The molecule has 0 spiro atoms. The van der Waals surface area contributed by atoms with Gasteiger partial charge in [0.15, 0.2) is 0 Å². The Labute approximate surface area is 170 Å². The zero-order valence-electron chi connectivity index (χ0n) is 14.5. The van der Waals surface area contributed by atoms with Gasteiger partial charge in [0.2, 0.25) is 0 Å². The predicted octanol–water partition coefficient (Wildman–Crippen LogP) is 4.08. The maximum absolute atomic E-state index is 12.5. The van der Waals surface area contributed by atoms with Crippen LogP contribution in [0.2, 0.25) is 0 Å². The van der Waals surface area contributed by atoms with Crippen molar-refractivity contribution in [3.8, 4) is 11.3 Å². The first-order valence-electron chi connectivity index (χ1n) is 8.09. The second-order valence-corrected chi connectivity index (χ2v) is 6.78. The van der Waals surface area contributed by atoms with Gasteiger partial charge in [-0.3, -0.25) is 20.0 Å². The van der Waals surface area contributed by atoms with Gasteiger partial charge in [0.05, 0.1) is 12.8 Å². The Hall–Kier alpha value is -2.78. The van der Waals surface area contributed by atoms with Crippen molar-refractivity contribution < 1.29 is 9.63 Å². The predicted molar refractivity (Wildman–Crippen MR) is 114 cm³/mol. The zero-order chi connectivity index (χ0) is 19.2. The Morgan fingerprint density at radius 1 is 1.07 bits per heavy atom. The van der Waals surface area contributed by atoms with Crippen molar-refractivity contribution in [1.82, 2.24) is 10.5 Å². The van der Waals surface area contributed by atoms with Crippen LogP contribution >= 0.6 is 22.6 Å². The van der Waals surface area contributed by atoms with Gasteiger partial charge in [-0.2, -0.15) is 0 Å². The second kappa shape index (κ2) is 8.74. The first-order chi connectivity index (χ1) is 13.1. The van der Waals surface area contributed by atoms with E-state index in [1.54, 1.807) is 30.5 Å². The lowest BCUT2D eigenvalue weighted by atomic mass is 10.1. The molecule has 3 aromatic rings. The van der Waals surface area contributed by atoms with Crippen molar-refractivity contribution in [3.05, 3.63) is 81.6 Å². The molecule has 0 unspecified atom stereocenters. The molecular formula is C20H17IN4O2. The van der Waals surface area contributed by atoms with Gasteiger partial charge >= 0.3 is 0 Å². The highest BCUT2D eigenvalue weighted by Crippen LogP contribution is 2.27. The SMILES string of the molecule is CONC(=N)c1ccc(C(=O)Nc2ccc(I)c(-c3ccccn3)c2)cc1. The van der Waals surface area contributed by atoms with E-state index in [4.69, 9.17) is 10.2 Å². The van der Waals surface area contributed by atoms with Crippen LogP contribution in [0.25, 0.3) is 11.3 Å². The molecule has 0 atom stereocenters. The molecular weight excluding hydrogens is 455 g/mol. The largest absolute Gasteiger partial charge is 0.322 e. The first-order valence-corrected chi connectivity index (χ1v) is 9.16. The molecule has 1 amide bonds. The number of nitrogens with one attached hydrogen (secondary N) is 3. The van der Waals surface area contributed by atoms with E-state index in [0.717, 1.165) is 14.8 Å². The molecule has 0 aliphatic carbocycles. The summed E-state index contributed by atoms with van der Waals surface area (Å²) >= 11 is 2.25. The van der Waals surface area contributed by atoms with Crippen molar-refractivity contribution in [1.29, 1.82) is 5.41 Å². The fourth-order valence-corrected chi connectivity index (χ4v) is 3.09. The van der Waals surface area contributed by atoms with Crippen molar-refractivity contribution in [2.24, 2.45) is 0 Å². The molecule has 0 saturated heterocycles. The monoisotopic (exact) mass is 472 g/mol. The summed E-state index contributed by atoms with van der Waals surface area (Å²) in [6.07, 6.45) is 1.74. The number of carbonyl (C=O) groups excluding carboxylic acids is 1. The summed E-state index contributed by atoms with van der Waals surface area (Å²) in [4.78, 5) is 21.6. The van der Waals surface area contributed by atoms with Crippen LogP contribution in [0.1, 0.15) is 15.9 Å². The fourth-order valence-electron chi connectivity index (χ4n) is 2.47. The van der Waals surface area contributed by atoms with E-state index in [1.165, 1.54) is 7.11 Å². The minimum Gasteiger partial charge on any atom is -0.322 e. The minimum atomic E-state index is -0.221. The highest BCUT2D eigenvalue weighted by molar-refractivity contribution is 14.1. The van der Waals surface area contributed by atoms with E-state index >= 15 is 0 Å². The van der Waals surface area contributed by atoms with Gasteiger partial charge in [-0.15, -0.1) is 0 Å². The number of carbonyl (C=O) groups is 1. The smallest absolute Gasteiger partial charge is 0.255 e. The third kappa shape index (κ3) is 4.69. The van der Waals surface area contributed by atoms with Crippen LogP contribution in [-0.4, -0.2) is 23.8 Å². The van der Waals surface area contributed by atoms with Crippen molar-refractivity contribution >= 4 is 40.0 Å². The Morgan fingerprint density at radius 2 is 1.81 bits per heavy atom. The Morgan fingerprint density at radius 3 is 2.48 bits per heavy atom. The maximum Gasteiger partial charge on any atom is 0.255 e. The molecule has 0 aliphatic heterocycles. The number of amides is 1. The normalized spacial score (nSPS) is 10.3. The molecule has 27 heavy (non-hydrogen) atoms. The molecule has 3 N–H and O–H groups in total. The Kier molecular flexibility index (Phi) is 6.15. The summed E-state index contributed by atoms with van der Waals surface area (Å²) in [5.74, 6) is -0.0944. The summed E-state index contributed by atoms with van der Waals surface area (Å²) in [7, 11) is 1.44. The maximum atomic E-state index is 12.5. The number of rotatable bonds is 5. The lowest BCUT2D eigenvalue weighted by Crippen LogP contribution is -2.22. The van der Waals surface area contributed by atoms with E-state index in [0.29, 0.717) is 16.8 Å². The number of halogens is 1. The van der Waals surface area contributed by atoms with Crippen LogP contribution in [-0.2, 0) is 4.84 Å². The van der Waals surface area contributed by atoms with Gasteiger partial charge in [0, 0.05) is 32.1 Å². The summed E-state index contributed by atoms with van der Waals surface area (Å²) in [6, 6.07) is 18.2. The minimum absolute atomic E-state index is 0.127. The average Bonchev–Trinajstić information content (AvgIpc) is 2.70. The van der Waals surface area contributed by atoms with Crippen LogP contribution in [0.5, 0.6) is 0 Å².